The van der Waals surface area contributed by atoms with E-state index in [-0.39, 0.29) is 5.75 Å². The number of halogens is 3. The van der Waals surface area contributed by atoms with Crippen LogP contribution in [0.4, 0.5) is 13.2 Å². The van der Waals surface area contributed by atoms with E-state index in [0.29, 0.717) is 22.6 Å². The van der Waals surface area contributed by atoms with E-state index in [9.17, 15) is 18.0 Å². The topological polar surface area (TPSA) is 55.8 Å². The molecule has 0 spiro atoms. The van der Waals surface area contributed by atoms with Crippen LogP contribution in [-0.4, -0.2) is 29.8 Å². The molecule has 0 heterocycles. The maximum absolute atomic E-state index is 13.1. The smallest absolute Gasteiger partial charge is 0.482 e. The zero-order chi connectivity index (χ0) is 27.0. The Hall–Kier alpha value is -4.17. The summed E-state index contributed by atoms with van der Waals surface area (Å²) >= 11 is 1.48. The van der Waals surface area contributed by atoms with E-state index in [0.717, 1.165) is 21.6 Å². The van der Waals surface area contributed by atoms with E-state index in [1.54, 1.807) is 36.4 Å². The molecular formula is C30H23F3O4S. The van der Waals surface area contributed by atoms with E-state index >= 15 is 0 Å². The summed E-state index contributed by atoms with van der Waals surface area (Å²) in [5.41, 5.74) is 3.72. The number of thioether (sulfide) groups is 1. The van der Waals surface area contributed by atoms with Gasteiger partial charge in [-0.15, -0.1) is 24.9 Å². The summed E-state index contributed by atoms with van der Waals surface area (Å²) in [5, 5.41) is 8.73. The number of alkyl halides is 3. The molecule has 4 aromatic carbocycles. The standard InChI is InChI=1S/C30H23F3O4S/c31-30(32,33)37-28-9-5-4-8-27(28)26(23-12-10-22(11-13-23)21-6-2-1-3-7-21)18-19-38-25-16-14-24(15-17-25)36-20-29(34)35/h1-18H,19-20H2,(H,34,35)/b26-18-. The largest absolute Gasteiger partial charge is 0.573 e. The first kappa shape index (κ1) is 26.9. The molecule has 4 rings (SSSR count). The zero-order valence-corrected chi connectivity index (χ0v) is 20.8. The number of rotatable bonds is 10. The Labute approximate surface area is 222 Å². The first-order valence-corrected chi connectivity index (χ1v) is 12.6. The molecule has 4 aromatic rings. The van der Waals surface area contributed by atoms with Crippen molar-refractivity contribution in [1.29, 1.82) is 0 Å². The second-order valence-corrected chi connectivity index (χ2v) is 9.16. The molecule has 0 aliphatic heterocycles. The van der Waals surface area contributed by atoms with Crippen LogP contribution >= 0.6 is 11.8 Å². The van der Waals surface area contributed by atoms with Crippen LogP contribution in [-0.2, 0) is 4.79 Å². The number of benzene rings is 4. The molecule has 0 saturated heterocycles. The fourth-order valence-electron chi connectivity index (χ4n) is 3.76. The van der Waals surface area contributed by atoms with Gasteiger partial charge in [0.1, 0.15) is 11.5 Å². The van der Waals surface area contributed by atoms with E-state index in [1.807, 2.05) is 60.7 Å². The lowest BCUT2D eigenvalue weighted by Gasteiger charge is -2.16. The Morgan fingerprint density at radius 1 is 0.816 bits per heavy atom. The molecule has 38 heavy (non-hydrogen) atoms. The zero-order valence-electron chi connectivity index (χ0n) is 20.0. The second-order valence-electron chi connectivity index (χ2n) is 8.07. The quantitative estimate of drug-likeness (QED) is 0.209. The van der Waals surface area contributed by atoms with Gasteiger partial charge in [0.25, 0.3) is 0 Å². The molecular weight excluding hydrogens is 513 g/mol. The van der Waals surface area contributed by atoms with Crippen molar-refractivity contribution in [3.63, 3.8) is 0 Å². The third kappa shape index (κ3) is 7.66. The Bertz CT molecular complexity index is 1380. The van der Waals surface area contributed by atoms with Crippen LogP contribution in [0.1, 0.15) is 11.1 Å². The normalized spacial score (nSPS) is 11.7. The first-order chi connectivity index (χ1) is 18.3. The summed E-state index contributed by atoms with van der Waals surface area (Å²) in [4.78, 5) is 11.6. The van der Waals surface area contributed by atoms with Crippen molar-refractivity contribution < 1.29 is 32.5 Å². The van der Waals surface area contributed by atoms with Crippen molar-refractivity contribution in [3.05, 3.63) is 120 Å². The van der Waals surface area contributed by atoms with E-state index in [4.69, 9.17) is 9.84 Å². The van der Waals surface area contributed by atoms with Crippen LogP contribution in [0.3, 0.4) is 0 Å². The Kier molecular flexibility index (Phi) is 8.76. The maximum atomic E-state index is 13.1. The Morgan fingerprint density at radius 3 is 2.11 bits per heavy atom. The fraction of sp³-hybridized carbons (Fsp3) is 0.100. The summed E-state index contributed by atoms with van der Waals surface area (Å²) in [6.07, 6.45) is -2.95. The van der Waals surface area contributed by atoms with Crippen LogP contribution in [0.25, 0.3) is 16.7 Å². The lowest BCUT2D eigenvalue weighted by molar-refractivity contribution is -0.274. The van der Waals surface area contributed by atoms with E-state index < -0.39 is 18.9 Å². The monoisotopic (exact) mass is 536 g/mol. The SMILES string of the molecule is O=C(O)COc1ccc(SC/C=C(/c2ccc(-c3ccccc3)cc2)c2ccccc2OC(F)(F)F)cc1. The van der Waals surface area contributed by atoms with Crippen molar-refractivity contribution in [1.82, 2.24) is 0 Å². The average Bonchev–Trinajstić information content (AvgIpc) is 2.91. The van der Waals surface area contributed by atoms with Crippen LogP contribution in [0, 0.1) is 0 Å². The predicted molar refractivity (Wildman–Crippen MR) is 142 cm³/mol. The number of hydrogen-bond donors (Lipinski definition) is 1. The number of carboxylic acid groups (broad SMARTS) is 1. The predicted octanol–water partition coefficient (Wildman–Crippen LogP) is 7.94. The molecule has 4 nitrogen and oxygen atoms in total. The molecule has 0 bridgehead atoms. The minimum atomic E-state index is -4.82. The summed E-state index contributed by atoms with van der Waals surface area (Å²) in [6.45, 7) is -0.430. The summed E-state index contributed by atoms with van der Waals surface area (Å²) in [6, 6.07) is 30.5. The highest BCUT2D eigenvalue weighted by atomic mass is 32.2. The number of aliphatic carboxylic acids is 1. The molecule has 0 unspecified atom stereocenters. The number of carboxylic acids is 1. The highest BCUT2D eigenvalue weighted by Crippen LogP contribution is 2.36. The summed E-state index contributed by atoms with van der Waals surface area (Å²) in [5.74, 6) is -0.438. The van der Waals surface area contributed by atoms with Gasteiger partial charge in [0.15, 0.2) is 6.61 Å². The summed E-state index contributed by atoms with van der Waals surface area (Å²) in [7, 11) is 0. The van der Waals surface area contributed by atoms with Gasteiger partial charge in [-0.05, 0) is 52.6 Å². The van der Waals surface area contributed by atoms with Crippen LogP contribution < -0.4 is 9.47 Å². The van der Waals surface area contributed by atoms with Gasteiger partial charge in [0.2, 0.25) is 0 Å². The molecule has 0 aliphatic rings. The minimum absolute atomic E-state index is 0.275. The molecule has 0 amide bonds. The van der Waals surface area contributed by atoms with Crippen molar-refractivity contribution in [2.45, 2.75) is 11.3 Å². The fourth-order valence-corrected chi connectivity index (χ4v) is 4.53. The molecule has 0 fully saturated rings. The van der Waals surface area contributed by atoms with Gasteiger partial charge >= 0.3 is 12.3 Å². The molecule has 0 aromatic heterocycles. The van der Waals surface area contributed by atoms with Gasteiger partial charge in [0, 0.05) is 16.2 Å². The van der Waals surface area contributed by atoms with E-state index in [1.165, 1.54) is 23.9 Å². The molecule has 1 N–H and O–H groups in total. The molecule has 0 radical (unpaired) electrons. The van der Waals surface area contributed by atoms with Crippen molar-refractivity contribution >= 4 is 23.3 Å². The third-order valence-electron chi connectivity index (χ3n) is 5.43. The number of para-hydroxylation sites is 1. The van der Waals surface area contributed by atoms with Gasteiger partial charge in [-0.2, -0.15) is 0 Å². The first-order valence-electron chi connectivity index (χ1n) is 11.6. The molecule has 0 saturated carbocycles. The molecule has 194 valence electrons. The van der Waals surface area contributed by atoms with Crippen LogP contribution in [0.15, 0.2) is 114 Å². The van der Waals surface area contributed by atoms with Crippen molar-refractivity contribution in [2.24, 2.45) is 0 Å². The molecule has 0 aliphatic carbocycles. The van der Waals surface area contributed by atoms with Crippen LogP contribution in [0.5, 0.6) is 11.5 Å². The summed E-state index contributed by atoms with van der Waals surface area (Å²) < 4.78 is 48.9. The van der Waals surface area contributed by atoms with Crippen molar-refractivity contribution in [3.8, 4) is 22.6 Å². The second kappa shape index (κ2) is 12.4. The van der Waals surface area contributed by atoms with Gasteiger partial charge in [-0.1, -0.05) is 78.9 Å². The number of carbonyl (C=O) groups is 1. The van der Waals surface area contributed by atoms with Gasteiger partial charge in [0.05, 0.1) is 0 Å². The molecule has 0 atom stereocenters. The Morgan fingerprint density at radius 2 is 1.45 bits per heavy atom. The highest BCUT2D eigenvalue weighted by molar-refractivity contribution is 7.99. The third-order valence-corrected chi connectivity index (χ3v) is 6.37. The lowest BCUT2D eigenvalue weighted by Crippen LogP contribution is -2.18. The van der Waals surface area contributed by atoms with Gasteiger partial charge in [-0.25, -0.2) is 4.79 Å². The number of ether oxygens (including phenoxy) is 2. The highest BCUT2D eigenvalue weighted by Gasteiger charge is 2.32. The average molecular weight is 537 g/mol. The van der Waals surface area contributed by atoms with Crippen molar-refractivity contribution in [2.75, 3.05) is 12.4 Å². The van der Waals surface area contributed by atoms with E-state index in [2.05, 4.69) is 4.74 Å². The lowest BCUT2D eigenvalue weighted by atomic mass is 9.95. The molecule has 8 heteroatoms. The van der Waals surface area contributed by atoms with Gasteiger partial charge in [-0.3, -0.25) is 0 Å². The minimum Gasteiger partial charge on any atom is -0.482 e. The maximum Gasteiger partial charge on any atom is 0.573 e. The Balaban J connectivity index is 1.61. The van der Waals surface area contributed by atoms with Gasteiger partial charge < -0.3 is 14.6 Å². The van der Waals surface area contributed by atoms with Crippen LogP contribution in [0.2, 0.25) is 0 Å². The number of hydrogen-bond acceptors (Lipinski definition) is 4.